The van der Waals surface area contributed by atoms with E-state index >= 15 is 0 Å². The van der Waals surface area contributed by atoms with Crippen molar-refractivity contribution in [3.8, 4) is 6.07 Å². The Kier molecular flexibility index (Phi) is 4.06. The predicted octanol–water partition coefficient (Wildman–Crippen LogP) is 2.79. The zero-order valence-corrected chi connectivity index (χ0v) is 11.4. The molecule has 0 bridgehead atoms. The molecule has 1 aromatic rings. The van der Waals surface area contributed by atoms with Crippen LogP contribution in [0.3, 0.4) is 0 Å². The van der Waals surface area contributed by atoms with Crippen LogP contribution < -0.4 is 5.32 Å². The van der Waals surface area contributed by atoms with Gasteiger partial charge in [-0.3, -0.25) is 0 Å². The highest BCUT2D eigenvalue weighted by Crippen LogP contribution is 2.22. The SMILES string of the molecule is CC(C)c1ccc(C2CN(CCC#N)C(=O)N2)cc1. The number of nitriles is 1. The van der Waals surface area contributed by atoms with Gasteiger partial charge in [0.15, 0.2) is 0 Å². The average Bonchev–Trinajstić information content (AvgIpc) is 2.78. The first-order chi connectivity index (χ1) is 9.11. The van der Waals surface area contributed by atoms with Crippen molar-refractivity contribution in [1.29, 1.82) is 5.26 Å². The van der Waals surface area contributed by atoms with Gasteiger partial charge in [0.05, 0.1) is 18.5 Å². The summed E-state index contributed by atoms with van der Waals surface area (Å²) in [6, 6.07) is 10.4. The lowest BCUT2D eigenvalue weighted by Crippen LogP contribution is -2.28. The second-order valence-corrected chi connectivity index (χ2v) is 5.18. The van der Waals surface area contributed by atoms with Crippen molar-refractivity contribution >= 4 is 6.03 Å². The molecular formula is C15H19N3O. The van der Waals surface area contributed by atoms with Crippen LogP contribution in [0, 0.1) is 11.3 Å². The largest absolute Gasteiger partial charge is 0.329 e. The van der Waals surface area contributed by atoms with E-state index in [4.69, 9.17) is 5.26 Å². The Morgan fingerprint density at radius 2 is 2.11 bits per heavy atom. The molecule has 0 aliphatic carbocycles. The van der Waals surface area contributed by atoms with E-state index < -0.39 is 0 Å². The lowest BCUT2D eigenvalue weighted by Gasteiger charge is -2.13. The summed E-state index contributed by atoms with van der Waals surface area (Å²) in [5.41, 5.74) is 2.42. The Balaban J connectivity index is 2.03. The predicted molar refractivity (Wildman–Crippen MR) is 73.6 cm³/mol. The van der Waals surface area contributed by atoms with E-state index in [1.165, 1.54) is 5.56 Å². The van der Waals surface area contributed by atoms with E-state index in [-0.39, 0.29) is 12.1 Å². The highest BCUT2D eigenvalue weighted by atomic mass is 16.2. The molecule has 0 aromatic heterocycles. The third-order valence-corrected chi connectivity index (χ3v) is 3.49. The summed E-state index contributed by atoms with van der Waals surface area (Å²) < 4.78 is 0. The van der Waals surface area contributed by atoms with Crippen molar-refractivity contribution in [3.63, 3.8) is 0 Å². The maximum atomic E-state index is 11.7. The molecule has 1 aliphatic rings. The number of nitrogens with zero attached hydrogens (tertiary/aromatic N) is 2. The summed E-state index contributed by atoms with van der Waals surface area (Å²) in [7, 11) is 0. The highest BCUT2D eigenvalue weighted by Gasteiger charge is 2.29. The zero-order valence-electron chi connectivity index (χ0n) is 11.4. The second kappa shape index (κ2) is 5.75. The summed E-state index contributed by atoms with van der Waals surface area (Å²) in [6.07, 6.45) is 0.381. The number of hydrogen-bond donors (Lipinski definition) is 1. The number of nitrogens with one attached hydrogen (secondary N) is 1. The maximum absolute atomic E-state index is 11.7. The van der Waals surface area contributed by atoms with Gasteiger partial charge in [0.25, 0.3) is 0 Å². The second-order valence-electron chi connectivity index (χ2n) is 5.18. The van der Waals surface area contributed by atoms with Gasteiger partial charge in [-0.2, -0.15) is 5.26 Å². The fourth-order valence-electron chi connectivity index (χ4n) is 2.27. The molecule has 1 N–H and O–H groups in total. The number of carbonyl (C=O) groups is 1. The van der Waals surface area contributed by atoms with Gasteiger partial charge in [0, 0.05) is 13.1 Å². The number of urea groups is 1. The molecule has 2 amide bonds. The quantitative estimate of drug-likeness (QED) is 0.901. The van der Waals surface area contributed by atoms with Gasteiger partial charge < -0.3 is 10.2 Å². The Morgan fingerprint density at radius 3 is 2.68 bits per heavy atom. The fourth-order valence-corrected chi connectivity index (χ4v) is 2.27. The van der Waals surface area contributed by atoms with Crippen LogP contribution in [0.15, 0.2) is 24.3 Å². The zero-order chi connectivity index (χ0) is 13.8. The minimum Gasteiger partial charge on any atom is -0.329 e. The number of benzene rings is 1. The molecule has 0 radical (unpaired) electrons. The van der Waals surface area contributed by atoms with Crippen LogP contribution in [0.25, 0.3) is 0 Å². The lowest BCUT2D eigenvalue weighted by molar-refractivity contribution is 0.218. The smallest absolute Gasteiger partial charge is 0.318 e. The van der Waals surface area contributed by atoms with E-state index in [9.17, 15) is 4.79 Å². The molecule has 4 heteroatoms. The van der Waals surface area contributed by atoms with E-state index in [1.807, 2.05) is 0 Å². The van der Waals surface area contributed by atoms with E-state index in [2.05, 4.69) is 49.5 Å². The molecule has 1 saturated heterocycles. The molecular weight excluding hydrogens is 238 g/mol. The fraction of sp³-hybridized carbons (Fsp3) is 0.467. The van der Waals surface area contributed by atoms with Crippen molar-refractivity contribution < 1.29 is 4.79 Å². The molecule has 1 heterocycles. The van der Waals surface area contributed by atoms with Gasteiger partial charge >= 0.3 is 6.03 Å². The summed E-state index contributed by atoms with van der Waals surface area (Å²) in [4.78, 5) is 13.4. The van der Waals surface area contributed by atoms with Crippen molar-refractivity contribution in [1.82, 2.24) is 10.2 Å². The number of hydrogen-bond acceptors (Lipinski definition) is 2. The molecule has 19 heavy (non-hydrogen) atoms. The highest BCUT2D eigenvalue weighted by molar-refractivity contribution is 5.77. The third-order valence-electron chi connectivity index (χ3n) is 3.49. The first kappa shape index (κ1) is 13.4. The van der Waals surface area contributed by atoms with Gasteiger partial charge in [0.1, 0.15) is 0 Å². The molecule has 1 fully saturated rings. The minimum atomic E-state index is -0.0758. The summed E-state index contributed by atoms with van der Waals surface area (Å²) in [6.45, 7) is 5.47. The number of carbonyl (C=O) groups excluding carboxylic acids is 1. The topological polar surface area (TPSA) is 56.1 Å². The summed E-state index contributed by atoms with van der Waals surface area (Å²) in [5.74, 6) is 0.513. The Bertz CT molecular complexity index is 487. The van der Waals surface area contributed by atoms with Gasteiger partial charge in [-0.1, -0.05) is 38.1 Å². The monoisotopic (exact) mass is 257 g/mol. The van der Waals surface area contributed by atoms with Crippen LogP contribution >= 0.6 is 0 Å². The molecule has 4 nitrogen and oxygen atoms in total. The molecule has 0 saturated carbocycles. The minimum absolute atomic E-state index is 0.0346. The summed E-state index contributed by atoms with van der Waals surface area (Å²) >= 11 is 0. The Hall–Kier alpha value is -2.02. The van der Waals surface area contributed by atoms with Crippen LogP contribution in [-0.4, -0.2) is 24.0 Å². The molecule has 0 spiro atoms. The Labute approximate surface area is 114 Å². The molecule has 1 atom stereocenters. The van der Waals surface area contributed by atoms with E-state index in [1.54, 1.807) is 4.90 Å². The maximum Gasteiger partial charge on any atom is 0.318 e. The molecule has 2 rings (SSSR count). The van der Waals surface area contributed by atoms with Crippen LogP contribution in [-0.2, 0) is 0 Å². The lowest BCUT2D eigenvalue weighted by atomic mass is 9.99. The van der Waals surface area contributed by atoms with Gasteiger partial charge in [-0.15, -0.1) is 0 Å². The molecule has 1 unspecified atom stereocenters. The first-order valence-corrected chi connectivity index (χ1v) is 6.64. The van der Waals surface area contributed by atoms with Crippen LogP contribution in [0.5, 0.6) is 0 Å². The standard InChI is InChI=1S/C15H19N3O/c1-11(2)12-4-6-13(7-5-12)14-10-18(9-3-8-16)15(19)17-14/h4-7,11,14H,3,9-10H2,1-2H3,(H,17,19). The molecule has 1 aromatic carbocycles. The normalized spacial score (nSPS) is 18.5. The Morgan fingerprint density at radius 1 is 1.42 bits per heavy atom. The van der Waals surface area contributed by atoms with Crippen molar-refractivity contribution in [2.75, 3.05) is 13.1 Å². The molecule has 1 aliphatic heterocycles. The van der Waals surface area contributed by atoms with Gasteiger partial charge in [0.2, 0.25) is 0 Å². The van der Waals surface area contributed by atoms with E-state index in [0.29, 0.717) is 25.4 Å². The van der Waals surface area contributed by atoms with Crippen LogP contribution in [0.2, 0.25) is 0 Å². The third kappa shape index (κ3) is 3.05. The number of rotatable bonds is 4. The molecule has 100 valence electrons. The van der Waals surface area contributed by atoms with Gasteiger partial charge in [-0.25, -0.2) is 4.79 Å². The van der Waals surface area contributed by atoms with Gasteiger partial charge in [-0.05, 0) is 17.0 Å². The summed E-state index contributed by atoms with van der Waals surface area (Å²) in [5, 5.41) is 11.5. The average molecular weight is 257 g/mol. The van der Waals surface area contributed by atoms with Crippen molar-refractivity contribution in [2.45, 2.75) is 32.2 Å². The van der Waals surface area contributed by atoms with E-state index in [0.717, 1.165) is 5.56 Å². The van der Waals surface area contributed by atoms with Crippen molar-refractivity contribution in [3.05, 3.63) is 35.4 Å². The van der Waals surface area contributed by atoms with Crippen LogP contribution in [0.1, 0.15) is 43.4 Å². The van der Waals surface area contributed by atoms with Crippen LogP contribution in [0.4, 0.5) is 4.79 Å². The first-order valence-electron chi connectivity index (χ1n) is 6.64. The van der Waals surface area contributed by atoms with Crippen molar-refractivity contribution in [2.24, 2.45) is 0 Å². The number of amides is 2.